The van der Waals surface area contributed by atoms with Gasteiger partial charge in [-0.1, -0.05) is 30.3 Å². The molecule has 0 aliphatic carbocycles. The Hall–Kier alpha value is -3.54. The van der Waals surface area contributed by atoms with Crippen LogP contribution < -0.4 is 4.74 Å². The van der Waals surface area contributed by atoms with Crippen LogP contribution in [0.1, 0.15) is 56.8 Å². The Kier molecular flexibility index (Phi) is 8.17. The Bertz CT molecular complexity index is 1060. The zero-order chi connectivity index (χ0) is 24.5. The number of benzene rings is 2. The van der Waals surface area contributed by atoms with Crippen LogP contribution in [0.3, 0.4) is 0 Å². The number of rotatable bonds is 12. The third-order valence-electron chi connectivity index (χ3n) is 5.27. The van der Waals surface area contributed by atoms with Gasteiger partial charge in [0, 0.05) is 35.7 Å². The molecular formula is C27H31NO5. The van der Waals surface area contributed by atoms with Crippen LogP contribution in [0, 0.1) is 0 Å². The van der Waals surface area contributed by atoms with Crippen LogP contribution in [-0.2, 0) is 11.3 Å². The molecule has 0 saturated heterocycles. The lowest BCUT2D eigenvalue weighted by molar-refractivity contribution is -0.137. The number of carboxylic acids is 1. The molecule has 0 saturated carbocycles. The summed E-state index contributed by atoms with van der Waals surface area (Å²) in [4.78, 5) is 25.6. The summed E-state index contributed by atoms with van der Waals surface area (Å²) >= 11 is 0. The Balaban J connectivity index is 1.71. The molecule has 1 heterocycles. The summed E-state index contributed by atoms with van der Waals surface area (Å²) in [5.74, 6) is -0.454. The molecule has 174 valence electrons. The first-order valence-corrected chi connectivity index (χ1v) is 11.2. The maximum Gasteiger partial charge on any atom is 0.303 e. The van der Waals surface area contributed by atoms with Crippen LogP contribution in [-0.4, -0.2) is 34.5 Å². The van der Waals surface area contributed by atoms with Crippen molar-refractivity contribution in [2.45, 2.75) is 52.1 Å². The van der Waals surface area contributed by atoms with Gasteiger partial charge in [0.05, 0.1) is 20.5 Å². The van der Waals surface area contributed by atoms with Gasteiger partial charge in [0.25, 0.3) is 5.91 Å². The van der Waals surface area contributed by atoms with Gasteiger partial charge >= 0.3 is 5.97 Å². The first-order valence-electron chi connectivity index (χ1n) is 11.8. The molecule has 3 rings (SSSR count). The molecule has 0 aliphatic heterocycles. The first-order chi connectivity index (χ1) is 16.4. The highest BCUT2D eigenvalue weighted by Gasteiger charge is 2.21. The molecule has 1 N–H and O–H groups in total. The number of carboxylic acid groups (broad SMARTS) is 1. The van der Waals surface area contributed by atoms with Crippen molar-refractivity contribution in [3.05, 3.63) is 78.3 Å². The lowest BCUT2D eigenvalue weighted by Crippen LogP contribution is -2.36. The third-order valence-corrected chi connectivity index (χ3v) is 5.27. The normalized spacial score (nSPS) is 12.3. The summed E-state index contributed by atoms with van der Waals surface area (Å²) < 4.78 is 20.0. The Labute approximate surface area is 196 Å². The van der Waals surface area contributed by atoms with Crippen molar-refractivity contribution in [3.8, 4) is 16.9 Å². The average molecular weight is 451 g/mol. The summed E-state index contributed by atoms with van der Waals surface area (Å²) in [5, 5.41) is 8.74. The number of amides is 1. The summed E-state index contributed by atoms with van der Waals surface area (Å²) in [6.45, 7) is 3.27. The van der Waals surface area contributed by atoms with Crippen LogP contribution in [0.15, 0.2) is 71.5 Å². The minimum atomic E-state index is -0.940. The van der Waals surface area contributed by atoms with E-state index in [0.717, 1.165) is 24.0 Å². The summed E-state index contributed by atoms with van der Waals surface area (Å²) in [7, 11) is 0. The molecule has 1 aromatic heterocycles. The van der Waals surface area contributed by atoms with Gasteiger partial charge in [-0.05, 0) is 62.9 Å². The molecule has 33 heavy (non-hydrogen) atoms. The molecule has 0 bridgehead atoms. The van der Waals surface area contributed by atoms with Crippen molar-refractivity contribution in [1.82, 2.24) is 4.90 Å². The van der Waals surface area contributed by atoms with Crippen LogP contribution in [0.4, 0.5) is 0 Å². The number of para-hydroxylation sites is 1. The van der Waals surface area contributed by atoms with Crippen molar-refractivity contribution < 1.29 is 25.2 Å². The molecule has 0 aliphatic rings. The quantitative estimate of drug-likeness (QED) is 0.341. The van der Waals surface area contributed by atoms with Crippen molar-refractivity contribution in [3.63, 3.8) is 0 Å². The zero-order valence-corrected chi connectivity index (χ0v) is 19.1. The highest BCUT2D eigenvalue weighted by Crippen LogP contribution is 2.24. The summed E-state index contributed by atoms with van der Waals surface area (Å²) in [5.41, 5.74) is 3.01. The van der Waals surface area contributed by atoms with Crippen molar-refractivity contribution >= 4 is 11.9 Å². The molecule has 6 nitrogen and oxygen atoms in total. The highest BCUT2D eigenvalue weighted by molar-refractivity contribution is 5.95. The van der Waals surface area contributed by atoms with Gasteiger partial charge in [-0.3, -0.25) is 9.59 Å². The minimum Gasteiger partial charge on any atom is -0.493 e. The lowest BCUT2D eigenvalue weighted by atomic mass is 10.1. The molecule has 1 atom stereocenters. The van der Waals surface area contributed by atoms with E-state index in [1.54, 1.807) is 35.6 Å². The Morgan fingerprint density at radius 1 is 1.03 bits per heavy atom. The number of unbranched alkanes of at least 4 members (excludes halogenated alkanes) is 2. The maximum absolute atomic E-state index is 13.4. The second kappa shape index (κ2) is 11.9. The summed E-state index contributed by atoms with van der Waals surface area (Å²) in [6, 6.07) is 16.2. The van der Waals surface area contributed by atoms with E-state index in [2.05, 4.69) is 0 Å². The topological polar surface area (TPSA) is 80.0 Å². The van der Waals surface area contributed by atoms with E-state index in [0.29, 0.717) is 29.9 Å². The Morgan fingerprint density at radius 3 is 2.45 bits per heavy atom. The van der Waals surface area contributed by atoms with E-state index < -0.39 is 12.5 Å². The molecule has 1 amide bonds. The standard InChI is InChI=1S/C27H31NO5/c1-20(2)28(27(31)22-13-11-21(12-14-22)24-15-17-32-19-24)18-23-8-5-6-9-25(23)33-16-7-3-4-10-26(29)30/h5-6,8-9,11-15,17,19-20H,3-4,7,10,16,18H2,1-2H3,(H,29,30)/i18D. The second-order valence-electron chi connectivity index (χ2n) is 8.12. The fourth-order valence-electron chi connectivity index (χ4n) is 3.43. The van der Waals surface area contributed by atoms with E-state index in [1.807, 2.05) is 50.2 Å². The molecule has 2 aromatic carbocycles. The number of hydrogen-bond acceptors (Lipinski definition) is 4. The molecule has 3 aromatic rings. The Morgan fingerprint density at radius 2 is 1.79 bits per heavy atom. The number of ether oxygens (including phenoxy) is 1. The largest absolute Gasteiger partial charge is 0.493 e. The smallest absolute Gasteiger partial charge is 0.303 e. The number of nitrogens with zero attached hydrogens (tertiary/aromatic N) is 1. The zero-order valence-electron chi connectivity index (χ0n) is 20.1. The van der Waals surface area contributed by atoms with Gasteiger partial charge in [0.15, 0.2) is 0 Å². The number of aliphatic carboxylic acids is 1. The molecule has 0 radical (unpaired) electrons. The predicted octanol–water partition coefficient (Wildman–Crippen LogP) is 6.02. The van der Waals surface area contributed by atoms with Crippen molar-refractivity contribution in [2.75, 3.05) is 6.61 Å². The monoisotopic (exact) mass is 450 g/mol. The predicted molar refractivity (Wildman–Crippen MR) is 127 cm³/mol. The van der Waals surface area contributed by atoms with E-state index in [4.69, 9.17) is 15.6 Å². The SMILES string of the molecule is [2H]C(c1ccccc1OCCCCCC(=O)O)N(C(=O)c1ccc(-c2ccoc2)cc1)C(C)C. The van der Waals surface area contributed by atoms with E-state index >= 15 is 0 Å². The van der Waals surface area contributed by atoms with E-state index in [-0.39, 0.29) is 18.4 Å². The molecule has 6 heteroatoms. The number of hydrogen-bond donors (Lipinski definition) is 1. The molecular weight excluding hydrogens is 418 g/mol. The fourth-order valence-corrected chi connectivity index (χ4v) is 3.43. The van der Waals surface area contributed by atoms with Gasteiger partial charge in [-0.15, -0.1) is 0 Å². The average Bonchev–Trinajstić information content (AvgIpc) is 3.36. The first kappa shape index (κ1) is 22.6. The summed E-state index contributed by atoms with van der Waals surface area (Å²) in [6.07, 6.45) is 5.50. The number of carbonyl (C=O) groups is 2. The van der Waals surface area contributed by atoms with Crippen LogP contribution in [0.25, 0.3) is 11.1 Å². The van der Waals surface area contributed by atoms with Gasteiger partial charge in [-0.2, -0.15) is 0 Å². The minimum absolute atomic E-state index is 0.153. The number of furan rings is 1. The van der Waals surface area contributed by atoms with Gasteiger partial charge in [0.2, 0.25) is 0 Å². The maximum atomic E-state index is 13.4. The van der Waals surface area contributed by atoms with Crippen LogP contribution in [0.2, 0.25) is 0 Å². The van der Waals surface area contributed by atoms with Crippen LogP contribution in [0.5, 0.6) is 5.75 Å². The molecule has 0 fully saturated rings. The van der Waals surface area contributed by atoms with Gasteiger partial charge < -0.3 is 19.2 Å². The molecule has 0 spiro atoms. The van der Waals surface area contributed by atoms with E-state index in [9.17, 15) is 9.59 Å². The highest BCUT2D eigenvalue weighted by atomic mass is 16.5. The van der Waals surface area contributed by atoms with Gasteiger partial charge in [-0.25, -0.2) is 0 Å². The van der Waals surface area contributed by atoms with Crippen molar-refractivity contribution in [2.24, 2.45) is 0 Å². The van der Waals surface area contributed by atoms with Crippen molar-refractivity contribution in [1.29, 1.82) is 0 Å². The van der Waals surface area contributed by atoms with E-state index in [1.165, 1.54) is 0 Å². The van der Waals surface area contributed by atoms with Crippen LogP contribution >= 0.6 is 0 Å². The van der Waals surface area contributed by atoms with Gasteiger partial charge in [0.1, 0.15) is 5.75 Å². The second-order valence-corrected chi connectivity index (χ2v) is 8.12. The third kappa shape index (κ3) is 6.97. The fraction of sp³-hybridized carbons (Fsp3) is 0.333. The number of carbonyl (C=O) groups excluding carboxylic acids is 1. The lowest BCUT2D eigenvalue weighted by Gasteiger charge is -2.28. The molecule has 1 unspecified atom stereocenters.